The second-order valence-corrected chi connectivity index (χ2v) is 3.15. The predicted octanol–water partition coefficient (Wildman–Crippen LogP) is 1.38. The minimum absolute atomic E-state index is 0.0965. The Kier molecular flexibility index (Phi) is 4.13. The number of rotatable bonds is 4. The zero-order chi connectivity index (χ0) is 10.4. The van der Waals surface area contributed by atoms with Gasteiger partial charge in [0.2, 0.25) is 0 Å². The van der Waals surface area contributed by atoms with Crippen LogP contribution >= 0.6 is 0 Å². The number of hydrogen-bond donors (Lipinski definition) is 3. The van der Waals surface area contributed by atoms with Crippen LogP contribution in [0.3, 0.4) is 0 Å². The third-order valence-corrected chi connectivity index (χ3v) is 2.14. The lowest BCUT2D eigenvalue weighted by Gasteiger charge is -2.12. The molecular weight excluding hydrogens is 176 g/mol. The van der Waals surface area contributed by atoms with Crippen LogP contribution < -0.4 is 5.32 Å². The molecule has 0 aliphatic heterocycles. The fourth-order valence-corrected chi connectivity index (χ4v) is 1.39. The first-order valence-corrected chi connectivity index (χ1v) is 4.71. The highest BCUT2D eigenvalue weighted by atomic mass is 16.3. The highest BCUT2D eigenvalue weighted by Crippen LogP contribution is 2.16. The van der Waals surface area contributed by atoms with Gasteiger partial charge in [-0.2, -0.15) is 0 Å². The lowest BCUT2D eigenvalue weighted by atomic mass is 9.96. The molecule has 0 aromatic heterocycles. The second kappa shape index (κ2) is 5.40. The molecule has 0 amide bonds. The Labute approximate surface area is 84.3 Å². The molecule has 0 fully saturated rings. The third-order valence-electron chi connectivity index (χ3n) is 2.14. The molecule has 3 heteroatoms. The van der Waals surface area contributed by atoms with Crippen molar-refractivity contribution < 1.29 is 5.11 Å². The fraction of sp³-hybridized carbons (Fsp3) is 0.364. The molecule has 76 valence electrons. The summed E-state index contributed by atoms with van der Waals surface area (Å²) in [7, 11) is 1.76. The molecule has 0 spiro atoms. The van der Waals surface area contributed by atoms with Crippen molar-refractivity contribution in [3.8, 4) is 0 Å². The quantitative estimate of drug-likeness (QED) is 0.589. The molecule has 0 aromatic rings. The highest BCUT2D eigenvalue weighted by Gasteiger charge is 2.10. The first-order valence-electron chi connectivity index (χ1n) is 4.71. The average Bonchev–Trinajstić information content (AvgIpc) is 2.26. The predicted molar refractivity (Wildman–Crippen MR) is 58.4 cm³/mol. The third kappa shape index (κ3) is 2.57. The Morgan fingerprint density at radius 3 is 3.00 bits per heavy atom. The van der Waals surface area contributed by atoms with Crippen molar-refractivity contribution in [1.82, 2.24) is 5.32 Å². The maximum atomic E-state index is 9.06. The van der Waals surface area contributed by atoms with E-state index >= 15 is 0 Å². The molecule has 0 unspecified atom stereocenters. The SMILES string of the molecule is CN/C=C(/CO)C(=N)C1=CC=CCC1. The van der Waals surface area contributed by atoms with Gasteiger partial charge in [0.05, 0.1) is 12.3 Å². The minimum atomic E-state index is -0.0965. The van der Waals surface area contributed by atoms with Gasteiger partial charge in [0.15, 0.2) is 0 Å². The van der Waals surface area contributed by atoms with Crippen molar-refractivity contribution in [2.45, 2.75) is 12.8 Å². The van der Waals surface area contributed by atoms with E-state index in [1.807, 2.05) is 12.2 Å². The molecule has 0 saturated carbocycles. The summed E-state index contributed by atoms with van der Waals surface area (Å²) in [4.78, 5) is 0. The van der Waals surface area contributed by atoms with E-state index < -0.39 is 0 Å². The molecule has 0 saturated heterocycles. The van der Waals surface area contributed by atoms with Crippen molar-refractivity contribution in [2.24, 2.45) is 0 Å². The Morgan fingerprint density at radius 1 is 1.71 bits per heavy atom. The first-order chi connectivity index (χ1) is 6.79. The summed E-state index contributed by atoms with van der Waals surface area (Å²) in [6.45, 7) is -0.0965. The summed E-state index contributed by atoms with van der Waals surface area (Å²) in [5, 5.41) is 19.8. The van der Waals surface area contributed by atoms with Gasteiger partial charge in [-0.25, -0.2) is 0 Å². The summed E-state index contributed by atoms with van der Waals surface area (Å²) in [6, 6.07) is 0. The topological polar surface area (TPSA) is 56.1 Å². The Bertz CT molecular complexity index is 300. The van der Waals surface area contributed by atoms with Gasteiger partial charge in [-0.05, 0) is 18.4 Å². The molecule has 3 nitrogen and oxygen atoms in total. The van der Waals surface area contributed by atoms with Gasteiger partial charge in [-0.15, -0.1) is 0 Å². The number of aliphatic hydroxyl groups excluding tert-OH is 1. The van der Waals surface area contributed by atoms with Gasteiger partial charge in [-0.1, -0.05) is 18.2 Å². The monoisotopic (exact) mass is 192 g/mol. The lowest BCUT2D eigenvalue weighted by Crippen LogP contribution is -2.12. The van der Waals surface area contributed by atoms with Crippen LogP contribution in [0, 0.1) is 5.41 Å². The number of allylic oxidation sites excluding steroid dienone is 4. The molecule has 0 aromatic carbocycles. The molecule has 0 heterocycles. The Hall–Kier alpha value is -1.35. The first kappa shape index (κ1) is 10.7. The lowest BCUT2D eigenvalue weighted by molar-refractivity contribution is 0.336. The van der Waals surface area contributed by atoms with E-state index in [0.29, 0.717) is 11.3 Å². The molecule has 1 rings (SSSR count). The van der Waals surface area contributed by atoms with E-state index in [2.05, 4.69) is 11.4 Å². The zero-order valence-corrected chi connectivity index (χ0v) is 8.38. The van der Waals surface area contributed by atoms with Gasteiger partial charge in [0.25, 0.3) is 0 Å². The van der Waals surface area contributed by atoms with Gasteiger partial charge >= 0.3 is 0 Å². The van der Waals surface area contributed by atoms with Crippen molar-refractivity contribution in [3.63, 3.8) is 0 Å². The molecule has 3 N–H and O–H groups in total. The van der Waals surface area contributed by atoms with E-state index in [-0.39, 0.29) is 6.61 Å². The van der Waals surface area contributed by atoms with Gasteiger partial charge in [0.1, 0.15) is 0 Å². The maximum Gasteiger partial charge on any atom is 0.0717 e. The average molecular weight is 192 g/mol. The van der Waals surface area contributed by atoms with E-state index in [4.69, 9.17) is 10.5 Å². The normalized spacial score (nSPS) is 16.4. The van der Waals surface area contributed by atoms with Crippen LogP contribution in [0.4, 0.5) is 0 Å². The number of hydrogen-bond acceptors (Lipinski definition) is 3. The van der Waals surface area contributed by atoms with Crippen molar-refractivity contribution in [1.29, 1.82) is 5.41 Å². The number of aliphatic hydroxyl groups is 1. The van der Waals surface area contributed by atoms with Crippen LogP contribution in [0.25, 0.3) is 0 Å². The van der Waals surface area contributed by atoms with Crippen molar-refractivity contribution >= 4 is 5.71 Å². The van der Waals surface area contributed by atoms with E-state index in [9.17, 15) is 0 Å². The highest BCUT2D eigenvalue weighted by molar-refractivity contribution is 6.10. The Morgan fingerprint density at radius 2 is 2.50 bits per heavy atom. The molecular formula is C11H16N2O. The van der Waals surface area contributed by atoms with Crippen LogP contribution in [0.5, 0.6) is 0 Å². The molecule has 1 aliphatic carbocycles. The molecule has 14 heavy (non-hydrogen) atoms. The van der Waals surface area contributed by atoms with Gasteiger partial charge in [0, 0.05) is 18.8 Å². The van der Waals surface area contributed by atoms with E-state index in [1.54, 1.807) is 13.2 Å². The summed E-state index contributed by atoms with van der Waals surface area (Å²) < 4.78 is 0. The van der Waals surface area contributed by atoms with E-state index in [0.717, 1.165) is 18.4 Å². The fourth-order valence-electron chi connectivity index (χ4n) is 1.39. The van der Waals surface area contributed by atoms with E-state index in [1.165, 1.54) is 0 Å². The zero-order valence-electron chi connectivity index (χ0n) is 8.38. The smallest absolute Gasteiger partial charge is 0.0717 e. The summed E-state index contributed by atoms with van der Waals surface area (Å²) in [5.41, 5.74) is 2.06. The van der Waals surface area contributed by atoms with Gasteiger partial charge in [-0.3, -0.25) is 0 Å². The van der Waals surface area contributed by atoms with Crippen molar-refractivity contribution in [3.05, 3.63) is 35.6 Å². The van der Waals surface area contributed by atoms with Crippen LogP contribution in [0.2, 0.25) is 0 Å². The minimum Gasteiger partial charge on any atom is -0.394 e. The maximum absolute atomic E-state index is 9.06. The van der Waals surface area contributed by atoms with Crippen LogP contribution in [0.15, 0.2) is 35.6 Å². The van der Waals surface area contributed by atoms with Crippen LogP contribution in [-0.4, -0.2) is 24.5 Å². The van der Waals surface area contributed by atoms with Gasteiger partial charge < -0.3 is 15.8 Å². The molecule has 0 atom stereocenters. The Balaban J connectivity index is 2.77. The molecule has 1 aliphatic rings. The largest absolute Gasteiger partial charge is 0.394 e. The summed E-state index contributed by atoms with van der Waals surface area (Å²) in [6.07, 6.45) is 9.51. The van der Waals surface area contributed by atoms with Crippen LogP contribution in [-0.2, 0) is 0 Å². The number of nitrogens with one attached hydrogen (secondary N) is 2. The molecule has 0 bridgehead atoms. The summed E-state index contributed by atoms with van der Waals surface area (Å²) in [5.74, 6) is 0. The van der Waals surface area contributed by atoms with Crippen LogP contribution in [0.1, 0.15) is 12.8 Å². The standard InChI is InChI=1S/C11H16N2O/c1-13-7-10(8-14)11(12)9-5-3-2-4-6-9/h2-3,5,7,12-14H,4,6,8H2,1H3/b10-7-,12-11?. The molecule has 0 radical (unpaired) electrons. The second-order valence-electron chi connectivity index (χ2n) is 3.15. The summed E-state index contributed by atoms with van der Waals surface area (Å²) >= 11 is 0. The van der Waals surface area contributed by atoms with Crippen molar-refractivity contribution in [2.75, 3.05) is 13.7 Å².